The van der Waals surface area contributed by atoms with Crippen LogP contribution in [0.25, 0.3) is 41.7 Å². The first-order valence-corrected chi connectivity index (χ1v) is 13.9. The predicted octanol–water partition coefficient (Wildman–Crippen LogP) is 10.6. The van der Waals surface area contributed by atoms with Crippen LogP contribution in [0.4, 0.5) is 0 Å². The fourth-order valence-corrected chi connectivity index (χ4v) is 6.35. The van der Waals surface area contributed by atoms with Crippen molar-refractivity contribution in [1.82, 2.24) is 0 Å². The average Bonchev–Trinajstić information content (AvgIpc) is 3.17. The molecule has 1 aromatic heterocycles. The maximum atomic E-state index is 2.44. The molecular weight excluding hydrogens is 416 g/mol. The molecule has 0 amide bonds. The van der Waals surface area contributed by atoms with Crippen LogP contribution in [0.5, 0.6) is 0 Å². The molecule has 0 unspecified atom stereocenters. The highest BCUT2D eigenvalue weighted by molar-refractivity contribution is 7.26. The van der Waals surface area contributed by atoms with Crippen molar-refractivity contribution < 1.29 is 0 Å². The molecule has 5 aromatic rings. The Morgan fingerprint density at radius 1 is 0.485 bits per heavy atom. The van der Waals surface area contributed by atoms with Crippen molar-refractivity contribution >= 4 is 53.1 Å². The van der Waals surface area contributed by atoms with Gasteiger partial charge in [0.05, 0.1) is 0 Å². The van der Waals surface area contributed by atoms with Crippen molar-refractivity contribution in [3.63, 3.8) is 0 Å². The molecule has 0 aliphatic carbocycles. The van der Waals surface area contributed by atoms with Gasteiger partial charge in [0, 0.05) is 20.2 Å². The number of aryl methyl sites for hydroxylation is 2. The van der Waals surface area contributed by atoms with Crippen LogP contribution in [-0.2, 0) is 12.8 Å². The molecule has 0 N–H and O–H groups in total. The second kappa shape index (κ2) is 10.3. The molecule has 1 heteroatoms. The summed E-state index contributed by atoms with van der Waals surface area (Å²) >= 11 is 1.94. The third kappa shape index (κ3) is 4.94. The normalized spacial score (nSPS) is 11.9. The summed E-state index contributed by atoms with van der Waals surface area (Å²) < 4.78 is 2.81. The van der Waals surface area contributed by atoms with Crippen LogP contribution in [-0.4, -0.2) is 0 Å². The molecule has 0 saturated carbocycles. The molecule has 0 saturated heterocycles. The van der Waals surface area contributed by atoms with Gasteiger partial charge in [-0.15, -0.1) is 11.3 Å². The number of hydrogen-bond acceptors (Lipinski definition) is 1. The van der Waals surface area contributed by atoms with Gasteiger partial charge in [-0.25, -0.2) is 0 Å². The van der Waals surface area contributed by atoms with Gasteiger partial charge in [0.25, 0.3) is 0 Å². The van der Waals surface area contributed by atoms with E-state index in [2.05, 4.69) is 74.5 Å². The zero-order chi connectivity index (χ0) is 22.6. The van der Waals surface area contributed by atoms with Crippen molar-refractivity contribution in [2.24, 2.45) is 0 Å². The molecule has 0 spiro atoms. The van der Waals surface area contributed by atoms with Gasteiger partial charge in [-0.1, -0.05) is 88.8 Å². The SMILES string of the molecule is CCCCCCc1ccc2cc3sc4cc5ccc(CCCCCC)cc5cc4c3cc2c1. The number of fused-ring (bicyclic) bond motifs is 5. The van der Waals surface area contributed by atoms with Gasteiger partial charge in [-0.05, 0) is 82.6 Å². The highest BCUT2D eigenvalue weighted by atomic mass is 32.1. The molecule has 0 radical (unpaired) electrons. The fourth-order valence-electron chi connectivity index (χ4n) is 5.18. The summed E-state index contributed by atoms with van der Waals surface area (Å²) in [6, 6.07) is 23.9. The first kappa shape index (κ1) is 22.4. The Kier molecular flexibility index (Phi) is 6.97. The third-order valence-corrected chi connectivity index (χ3v) is 8.27. The van der Waals surface area contributed by atoms with Crippen LogP contribution < -0.4 is 0 Å². The highest BCUT2D eigenvalue weighted by Gasteiger charge is 2.09. The van der Waals surface area contributed by atoms with Crippen LogP contribution >= 0.6 is 11.3 Å². The smallest absolute Gasteiger partial charge is 0.0361 e. The minimum Gasteiger partial charge on any atom is -0.135 e. The van der Waals surface area contributed by atoms with Crippen LogP contribution in [0.15, 0.2) is 60.7 Å². The topological polar surface area (TPSA) is 0 Å². The Morgan fingerprint density at radius 3 is 1.42 bits per heavy atom. The van der Waals surface area contributed by atoms with Gasteiger partial charge in [-0.3, -0.25) is 0 Å². The molecule has 0 fully saturated rings. The number of rotatable bonds is 10. The summed E-state index contributed by atoms with van der Waals surface area (Å²) in [5.41, 5.74) is 2.96. The van der Waals surface area contributed by atoms with E-state index in [1.165, 1.54) is 117 Å². The van der Waals surface area contributed by atoms with E-state index in [9.17, 15) is 0 Å². The third-order valence-electron chi connectivity index (χ3n) is 7.15. The average molecular weight is 453 g/mol. The second-order valence-corrected chi connectivity index (χ2v) is 10.9. The summed E-state index contributed by atoms with van der Waals surface area (Å²) in [7, 11) is 0. The van der Waals surface area contributed by atoms with Crippen LogP contribution in [0.1, 0.15) is 76.3 Å². The lowest BCUT2D eigenvalue weighted by atomic mass is 9.99. The first-order chi connectivity index (χ1) is 16.2. The molecule has 4 aromatic carbocycles. The molecule has 0 nitrogen and oxygen atoms in total. The Morgan fingerprint density at radius 2 is 0.970 bits per heavy atom. The van der Waals surface area contributed by atoms with Gasteiger partial charge >= 0.3 is 0 Å². The summed E-state index contributed by atoms with van der Waals surface area (Å²) in [6.45, 7) is 4.56. The largest absolute Gasteiger partial charge is 0.135 e. The number of hydrogen-bond donors (Lipinski definition) is 0. The maximum Gasteiger partial charge on any atom is 0.0361 e. The summed E-state index contributed by atoms with van der Waals surface area (Å²) in [5.74, 6) is 0. The molecule has 0 aliphatic heterocycles. The lowest BCUT2D eigenvalue weighted by Crippen LogP contribution is -1.86. The summed E-state index contributed by atoms with van der Waals surface area (Å²) in [4.78, 5) is 0. The minimum atomic E-state index is 1.20. The molecular formula is C32H36S. The minimum absolute atomic E-state index is 1.20. The van der Waals surface area contributed by atoms with Crippen LogP contribution in [0, 0.1) is 0 Å². The zero-order valence-electron chi connectivity index (χ0n) is 20.3. The molecule has 0 bridgehead atoms. The molecule has 0 aliphatic rings. The maximum absolute atomic E-state index is 2.44. The molecule has 5 rings (SSSR count). The lowest BCUT2D eigenvalue weighted by Gasteiger charge is -2.06. The molecule has 170 valence electrons. The number of thiophene rings is 1. The second-order valence-electron chi connectivity index (χ2n) is 9.78. The monoisotopic (exact) mass is 452 g/mol. The van der Waals surface area contributed by atoms with E-state index in [1.807, 2.05) is 11.3 Å². The van der Waals surface area contributed by atoms with Gasteiger partial charge in [0.2, 0.25) is 0 Å². The highest BCUT2D eigenvalue weighted by Crippen LogP contribution is 2.39. The van der Waals surface area contributed by atoms with E-state index < -0.39 is 0 Å². The van der Waals surface area contributed by atoms with Gasteiger partial charge < -0.3 is 0 Å². The van der Waals surface area contributed by atoms with E-state index in [-0.39, 0.29) is 0 Å². The van der Waals surface area contributed by atoms with E-state index in [4.69, 9.17) is 0 Å². The van der Waals surface area contributed by atoms with Crippen molar-refractivity contribution in [2.45, 2.75) is 78.1 Å². The Hall–Kier alpha value is -2.38. The first-order valence-electron chi connectivity index (χ1n) is 13.1. The van der Waals surface area contributed by atoms with Gasteiger partial charge in [0.1, 0.15) is 0 Å². The van der Waals surface area contributed by atoms with Gasteiger partial charge in [-0.2, -0.15) is 0 Å². The Labute approximate surface area is 202 Å². The number of benzene rings is 4. The fraction of sp³-hybridized carbons (Fsp3) is 0.375. The van der Waals surface area contributed by atoms with E-state index in [0.717, 1.165) is 0 Å². The van der Waals surface area contributed by atoms with E-state index >= 15 is 0 Å². The van der Waals surface area contributed by atoms with Crippen molar-refractivity contribution in [3.05, 3.63) is 71.8 Å². The van der Waals surface area contributed by atoms with Crippen molar-refractivity contribution in [1.29, 1.82) is 0 Å². The molecule has 0 atom stereocenters. The van der Waals surface area contributed by atoms with Crippen molar-refractivity contribution in [2.75, 3.05) is 0 Å². The van der Waals surface area contributed by atoms with Gasteiger partial charge in [0.15, 0.2) is 0 Å². The lowest BCUT2D eigenvalue weighted by molar-refractivity contribution is 0.667. The Bertz CT molecular complexity index is 1280. The predicted molar refractivity (Wildman–Crippen MR) is 150 cm³/mol. The standard InChI is InChI=1S/C32H36S/c1-3-5-7-9-11-23-13-15-25-21-31-29(19-27(25)17-23)30-20-28-18-24(12-10-8-6-4-2)14-16-26(28)22-32(30)33-31/h13-22H,3-12H2,1-2H3. The summed E-state index contributed by atoms with van der Waals surface area (Å²) in [5, 5.41) is 8.34. The van der Waals surface area contributed by atoms with E-state index in [0.29, 0.717) is 0 Å². The Balaban J connectivity index is 1.49. The summed E-state index contributed by atoms with van der Waals surface area (Å²) in [6.07, 6.45) is 13.0. The molecule has 1 heterocycles. The number of unbranched alkanes of at least 4 members (excludes halogenated alkanes) is 6. The van der Waals surface area contributed by atoms with E-state index in [1.54, 1.807) is 0 Å². The van der Waals surface area contributed by atoms with Crippen LogP contribution in [0.2, 0.25) is 0 Å². The quantitative estimate of drug-likeness (QED) is 0.185. The zero-order valence-corrected chi connectivity index (χ0v) is 21.1. The van der Waals surface area contributed by atoms with Crippen LogP contribution in [0.3, 0.4) is 0 Å². The van der Waals surface area contributed by atoms with Crippen molar-refractivity contribution in [3.8, 4) is 0 Å². The molecule has 33 heavy (non-hydrogen) atoms.